The van der Waals surface area contributed by atoms with Crippen molar-refractivity contribution >= 4 is 46.3 Å². The molecule has 0 fully saturated rings. The molecular formula is C66H48O8. The molecule has 360 valence electrons. The fourth-order valence-corrected chi connectivity index (χ4v) is 12.2. The van der Waals surface area contributed by atoms with Crippen molar-refractivity contribution in [1.29, 1.82) is 0 Å². The first kappa shape index (κ1) is 47.4. The van der Waals surface area contributed by atoms with Crippen LogP contribution in [-0.4, -0.2) is 46.3 Å². The van der Waals surface area contributed by atoms with E-state index in [0.29, 0.717) is 44.5 Å². The standard InChI is InChI=1S/2C33H24O4/c2*1-17(34)21-5-9-25-26-10-6-22(18(2)35)14-30(26)33(29(25)13-21)31-15-23(19(3)36)7-11-27(31)28-12-8-24(20(4)37)16-32(28)33/h2*5-16H,1-4H3. The van der Waals surface area contributed by atoms with Crippen molar-refractivity contribution in [2.24, 2.45) is 0 Å². The van der Waals surface area contributed by atoms with E-state index in [1.54, 1.807) is 55.4 Å². The number of fused-ring (bicyclic) bond motifs is 20. The Balaban J connectivity index is 0.000000159. The minimum atomic E-state index is -0.886. The molecule has 8 nitrogen and oxygen atoms in total. The predicted octanol–water partition coefficient (Wildman–Crippen LogP) is 13.7. The molecule has 2 spiro atoms. The van der Waals surface area contributed by atoms with E-state index in [1.165, 1.54) is 0 Å². The second-order valence-corrected chi connectivity index (χ2v) is 20.0. The van der Waals surface area contributed by atoms with Crippen LogP contribution >= 0.6 is 0 Å². The fourth-order valence-electron chi connectivity index (χ4n) is 12.2. The van der Waals surface area contributed by atoms with Crippen LogP contribution in [0, 0.1) is 0 Å². The Morgan fingerprint density at radius 1 is 0.203 bits per heavy atom. The van der Waals surface area contributed by atoms with Gasteiger partial charge < -0.3 is 0 Å². The normalized spacial score (nSPS) is 13.5. The van der Waals surface area contributed by atoms with Gasteiger partial charge in [0, 0.05) is 44.5 Å². The first-order chi connectivity index (χ1) is 35.3. The lowest BCUT2D eigenvalue weighted by atomic mass is 9.69. The number of benzene rings is 8. The van der Waals surface area contributed by atoms with Gasteiger partial charge in [0.25, 0.3) is 0 Å². The van der Waals surface area contributed by atoms with Gasteiger partial charge in [-0.15, -0.1) is 0 Å². The Kier molecular flexibility index (Phi) is 10.8. The van der Waals surface area contributed by atoms with Gasteiger partial charge in [-0.05, 0) is 193 Å². The van der Waals surface area contributed by atoms with E-state index in [1.807, 2.05) is 146 Å². The number of ketones is 8. The Bertz CT molecular complexity index is 3210. The number of Topliss-reactive ketones (excluding diaryl/α,β-unsaturated/α-hetero) is 8. The molecule has 0 radical (unpaired) electrons. The van der Waals surface area contributed by atoms with Crippen LogP contribution in [0.3, 0.4) is 0 Å². The molecule has 0 unspecified atom stereocenters. The molecule has 12 rings (SSSR count). The molecule has 0 amide bonds. The highest BCUT2D eigenvalue weighted by Gasteiger charge is 2.54. The average molecular weight is 969 g/mol. The van der Waals surface area contributed by atoms with Crippen molar-refractivity contribution in [3.8, 4) is 44.5 Å². The van der Waals surface area contributed by atoms with Gasteiger partial charge in [-0.25, -0.2) is 0 Å². The van der Waals surface area contributed by atoms with Crippen LogP contribution in [0.5, 0.6) is 0 Å². The molecule has 0 N–H and O–H groups in total. The molecule has 4 aliphatic rings. The monoisotopic (exact) mass is 968 g/mol. The number of carbonyl (C=O) groups is 8. The first-order valence-corrected chi connectivity index (χ1v) is 24.5. The summed E-state index contributed by atoms with van der Waals surface area (Å²) in [5.74, 6) is -0.394. The van der Waals surface area contributed by atoms with Gasteiger partial charge in [-0.1, -0.05) is 97.1 Å². The largest absolute Gasteiger partial charge is 0.295 e. The topological polar surface area (TPSA) is 137 Å². The molecule has 8 heteroatoms. The molecule has 0 heterocycles. The van der Waals surface area contributed by atoms with Gasteiger partial charge in [0.15, 0.2) is 46.3 Å². The van der Waals surface area contributed by atoms with Crippen LogP contribution in [0.25, 0.3) is 44.5 Å². The zero-order chi connectivity index (χ0) is 52.4. The van der Waals surface area contributed by atoms with Gasteiger partial charge in [0.2, 0.25) is 0 Å². The molecule has 0 atom stereocenters. The summed E-state index contributed by atoms with van der Waals surface area (Å²) in [5.41, 5.74) is 17.9. The number of rotatable bonds is 8. The van der Waals surface area contributed by atoms with Gasteiger partial charge in [0.05, 0.1) is 10.8 Å². The van der Waals surface area contributed by atoms with Gasteiger partial charge in [0.1, 0.15) is 0 Å². The van der Waals surface area contributed by atoms with E-state index < -0.39 is 10.8 Å². The van der Waals surface area contributed by atoms with Crippen LogP contribution in [-0.2, 0) is 10.8 Å². The minimum absolute atomic E-state index is 0.0493. The van der Waals surface area contributed by atoms with Crippen LogP contribution < -0.4 is 0 Å². The lowest BCUT2D eigenvalue weighted by molar-refractivity contribution is 0.100. The number of hydrogen-bond donors (Lipinski definition) is 0. The van der Waals surface area contributed by atoms with E-state index in [2.05, 4.69) is 0 Å². The van der Waals surface area contributed by atoms with Crippen LogP contribution in [0.4, 0.5) is 0 Å². The molecule has 74 heavy (non-hydrogen) atoms. The van der Waals surface area contributed by atoms with Crippen LogP contribution in [0.15, 0.2) is 146 Å². The summed E-state index contributed by atoms with van der Waals surface area (Å²) in [6.45, 7) is 12.4. The lowest BCUT2D eigenvalue weighted by Gasteiger charge is -2.31. The maximum atomic E-state index is 12.5. The first-order valence-electron chi connectivity index (χ1n) is 24.5. The second-order valence-electron chi connectivity index (χ2n) is 20.0. The average Bonchev–Trinajstić information content (AvgIpc) is 4.05. The Morgan fingerprint density at radius 3 is 0.405 bits per heavy atom. The molecule has 0 saturated heterocycles. The maximum Gasteiger partial charge on any atom is 0.159 e. The lowest BCUT2D eigenvalue weighted by Crippen LogP contribution is -2.27. The Labute approximate surface area is 428 Å². The van der Waals surface area contributed by atoms with Crippen molar-refractivity contribution < 1.29 is 38.4 Å². The zero-order valence-electron chi connectivity index (χ0n) is 42.1. The van der Waals surface area contributed by atoms with Crippen molar-refractivity contribution in [2.45, 2.75) is 66.2 Å². The number of carbonyl (C=O) groups excluding carboxylic acids is 8. The summed E-state index contributed by atoms with van der Waals surface area (Å²) in [5, 5.41) is 0. The number of hydrogen-bond acceptors (Lipinski definition) is 8. The SMILES string of the molecule is CC(=O)c1ccc2c(c1)C1(c3cc(C(C)=O)ccc3-2)c2cc(C(C)=O)ccc2-c2ccc(C(C)=O)cc21.CC(=O)c1ccc2c(c1)C1(c3cc(C(C)=O)ccc3-2)c2cc(C(C)=O)ccc2-c2ccc(C(C)=O)cc21. The predicted molar refractivity (Wildman–Crippen MR) is 286 cm³/mol. The van der Waals surface area contributed by atoms with Crippen molar-refractivity contribution in [1.82, 2.24) is 0 Å². The molecule has 0 aromatic heterocycles. The highest BCUT2D eigenvalue weighted by molar-refractivity contribution is 6.07. The van der Waals surface area contributed by atoms with Gasteiger partial charge in [-0.2, -0.15) is 0 Å². The van der Waals surface area contributed by atoms with Gasteiger partial charge in [-0.3, -0.25) is 38.4 Å². The van der Waals surface area contributed by atoms with E-state index in [4.69, 9.17) is 0 Å². The fraction of sp³-hybridized carbons (Fsp3) is 0.152. The van der Waals surface area contributed by atoms with Crippen LogP contribution in [0.1, 0.15) is 183 Å². The third kappa shape index (κ3) is 6.67. The maximum absolute atomic E-state index is 12.5. The summed E-state index contributed by atoms with van der Waals surface area (Å²) in [6, 6.07) is 45.9. The van der Waals surface area contributed by atoms with E-state index >= 15 is 0 Å². The van der Waals surface area contributed by atoms with Crippen molar-refractivity contribution in [3.63, 3.8) is 0 Å². The van der Waals surface area contributed by atoms with Crippen molar-refractivity contribution in [2.75, 3.05) is 0 Å². The molecular weight excluding hydrogens is 921 g/mol. The molecule has 0 saturated carbocycles. The van der Waals surface area contributed by atoms with Crippen molar-refractivity contribution in [3.05, 3.63) is 235 Å². The summed E-state index contributed by atoms with van der Waals surface area (Å²) in [6.07, 6.45) is 0. The van der Waals surface area contributed by atoms with E-state index in [9.17, 15) is 38.4 Å². The highest BCUT2D eigenvalue weighted by Crippen LogP contribution is 2.65. The summed E-state index contributed by atoms with van der Waals surface area (Å²) >= 11 is 0. The third-order valence-corrected chi connectivity index (χ3v) is 15.8. The van der Waals surface area contributed by atoms with E-state index in [0.717, 1.165) is 89.0 Å². The molecule has 0 bridgehead atoms. The smallest absolute Gasteiger partial charge is 0.159 e. The minimum Gasteiger partial charge on any atom is -0.295 e. The summed E-state index contributed by atoms with van der Waals surface area (Å²) in [4.78, 5) is 100. The second kappa shape index (κ2) is 16.9. The molecule has 4 aliphatic carbocycles. The zero-order valence-corrected chi connectivity index (χ0v) is 42.1. The molecule has 8 aromatic carbocycles. The Morgan fingerprint density at radius 2 is 0.311 bits per heavy atom. The summed E-state index contributed by atoms with van der Waals surface area (Å²) in [7, 11) is 0. The Hall–Kier alpha value is -8.88. The summed E-state index contributed by atoms with van der Waals surface area (Å²) < 4.78 is 0. The van der Waals surface area contributed by atoms with Crippen LogP contribution in [0.2, 0.25) is 0 Å². The molecule has 0 aliphatic heterocycles. The highest BCUT2D eigenvalue weighted by atomic mass is 16.1. The quantitative estimate of drug-likeness (QED) is 0.137. The van der Waals surface area contributed by atoms with E-state index in [-0.39, 0.29) is 46.3 Å². The van der Waals surface area contributed by atoms with Gasteiger partial charge >= 0.3 is 0 Å². The third-order valence-electron chi connectivity index (χ3n) is 15.8. The molecule has 8 aromatic rings.